The summed E-state index contributed by atoms with van der Waals surface area (Å²) in [6.45, 7) is 0. The zero-order chi connectivity index (χ0) is 13.4. The number of carboxylic acid groups (broad SMARTS) is 1. The number of aromatic nitrogens is 1. The number of halogens is 1. The number of nitrogens with one attached hydrogen (secondary N) is 1. The van der Waals surface area contributed by atoms with Crippen LogP contribution in [-0.4, -0.2) is 27.9 Å². The van der Waals surface area contributed by atoms with Gasteiger partial charge in [-0.25, -0.2) is 0 Å². The number of aliphatic carboxylic acids is 1. The van der Waals surface area contributed by atoms with Crippen molar-refractivity contribution in [1.82, 2.24) is 10.3 Å². The van der Waals surface area contributed by atoms with Gasteiger partial charge in [0.25, 0.3) is 0 Å². The Kier molecular flexibility index (Phi) is 3.47. The third kappa shape index (κ3) is 2.35. The fourth-order valence-corrected chi connectivity index (χ4v) is 3.87. The summed E-state index contributed by atoms with van der Waals surface area (Å²) in [6, 6.07) is 7.39. The van der Waals surface area contributed by atoms with Gasteiger partial charge in [0.2, 0.25) is 0 Å². The highest BCUT2D eigenvalue weighted by Crippen LogP contribution is 2.37. The van der Waals surface area contributed by atoms with Crippen LogP contribution in [0.3, 0.4) is 0 Å². The molecule has 2 heterocycles. The molecule has 1 aromatic carbocycles. The zero-order valence-electron chi connectivity index (χ0n) is 9.84. The van der Waals surface area contributed by atoms with Gasteiger partial charge in [-0.1, -0.05) is 28.1 Å². The Balaban J connectivity index is 2.02. The molecule has 2 aromatic rings. The molecule has 0 spiro atoms. The molecule has 4 nitrogen and oxygen atoms in total. The molecule has 2 atom stereocenters. The first-order chi connectivity index (χ1) is 9.16. The number of benzene rings is 1. The summed E-state index contributed by atoms with van der Waals surface area (Å²) in [5.74, 6) is -0.228. The fraction of sp³-hybridized carbons (Fsp3) is 0.231. The second-order valence-electron chi connectivity index (χ2n) is 4.31. The molecule has 2 N–H and O–H groups in total. The molecule has 0 amide bonds. The maximum Gasteiger partial charge on any atom is 0.321 e. The van der Waals surface area contributed by atoms with Gasteiger partial charge >= 0.3 is 5.97 Å². The molecule has 1 aliphatic rings. The highest BCUT2D eigenvalue weighted by atomic mass is 79.9. The number of thioether (sulfide) groups is 1. The average molecular weight is 339 g/mol. The minimum Gasteiger partial charge on any atom is -0.480 e. The molecule has 0 bridgehead atoms. The number of hydrogen-bond acceptors (Lipinski definition) is 4. The van der Waals surface area contributed by atoms with E-state index in [4.69, 9.17) is 5.11 Å². The molecule has 1 aromatic heterocycles. The van der Waals surface area contributed by atoms with E-state index in [0.29, 0.717) is 5.75 Å². The highest BCUT2D eigenvalue weighted by molar-refractivity contribution is 9.10. The second-order valence-corrected chi connectivity index (χ2v) is 6.30. The number of fused-ring (bicyclic) bond motifs is 1. The van der Waals surface area contributed by atoms with E-state index in [1.165, 1.54) is 0 Å². The van der Waals surface area contributed by atoms with E-state index in [1.54, 1.807) is 18.0 Å². The Morgan fingerprint density at radius 3 is 3.05 bits per heavy atom. The van der Waals surface area contributed by atoms with Crippen LogP contribution in [-0.2, 0) is 4.79 Å². The lowest BCUT2D eigenvalue weighted by Crippen LogP contribution is -2.33. The van der Waals surface area contributed by atoms with Gasteiger partial charge in [-0.2, -0.15) is 0 Å². The van der Waals surface area contributed by atoms with E-state index >= 15 is 0 Å². The SMILES string of the molecule is O=C(O)[C@H]1CSC(c2ccc(Br)c3cccnc23)N1. The normalized spacial score (nSPS) is 22.8. The van der Waals surface area contributed by atoms with Gasteiger partial charge in [-0.15, -0.1) is 11.8 Å². The van der Waals surface area contributed by atoms with Crippen molar-refractivity contribution in [3.05, 3.63) is 40.5 Å². The highest BCUT2D eigenvalue weighted by Gasteiger charge is 2.31. The molecule has 19 heavy (non-hydrogen) atoms. The maximum atomic E-state index is 11.0. The Labute approximate surface area is 122 Å². The number of carbonyl (C=O) groups is 1. The Bertz CT molecular complexity index is 650. The van der Waals surface area contributed by atoms with Crippen LogP contribution in [0.4, 0.5) is 0 Å². The van der Waals surface area contributed by atoms with Crippen LogP contribution in [0.25, 0.3) is 10.9 Å². The average Bonchev–Trinajstić information content (AvgIpc) is 2.89. The quantitative estimate of drug-likeness (QED) is 0.881. The molecule has 6 heteroatoms. The molecule has 0 radical (unpaired) electrons. The number of hydrogen-bond donors (Lipinski definition) is 2. The molecule has 1 saturated heterocycles. The first-order valence-corrected chi connectivity index (χ1v) is 7.64. The molecular formula is C13H11BrN2O2S. The van der Waals surface area contributed by atoms with Crippen molar-refractivity contribution in [2.45, 2.75) is 11.4 Å². The lowest BCUT2D eigenvalue weighted by atomic mass is 10.1. The van der Waals surface area contributed by atoms with Crippen LogP contribution < -0.4 is 5.32 Å². The smallest absolute Gasteiger partial charge is 0.321 e. The Morgan fingerprint density at radius 1 is 1.47 bits per heavy atom. The first kappa shape index (κ1) is 12.9. The topological polar surface area (TPSA) is 62.2 Å². The van der Waals surface area contributed by atoms with Crippen LogP contribution in [0, 0.1) is 0 Å². The zero-order valence-corrected chi connectivity index (χ0v) is 12.2. The van der Waals surface area contributed by atoms with Crippen LogP contribution >= 0.6 is 27.7 Å². The minimum atomic E-state index is -0.802. The van der Waals surface area contributed by atoms with Crippen molar-refractivity contribution >= 4 is 44.6 Å². The number of nitrogens with zero attached hydrogens (tertiary/aromatic N) is 1. The molecular weight excluding hydrogens is 328 g/mol. The van der Waals surface area contributed by atoms with Gasteiger partial charge in [0.15, 0.2) is 0 Å². The molecule has 1 unspecified atom stereocenters. The lowest BCUT2D eigenvalue weighted by Gasteiger charge is -2.14. The standard InChI is InChI=1S/C13H11BrN2O2S/c14-9-4-3-8(11-7(9)2-1-5-15-11)12-16-10(6-19-12)13(17)18/h1-5,10,12,16H,6H2,(H,17,18)/t10-,12?/m1/s1. The largest absolute Gasteiger partial charge is 0.480 e. The number of carboxylic acids is 1. The molecule has 1 fully saturated rings. The van der Waals surface area contributed by atoms with Gasteiger partial charge in [-0.3, -0.25) is 15.1 Å². The van der Waals surface area contributed by atoms with Crippen LogP contribution in [0.1, 0.15) is 10.9 Å². The second kappa shape index (κ2) is 5.11. The maximum absolute atomic E-state index is 11.0. The van der Waals surface area contributed by atoms with Crippen molar-refractivity contribution in [2.24, 2.45) is 0 Å². The van der Waals surface area contributed by atoms with E-state index < -0.39 is 12.0 Å². The summed E-state index contributed by atoms with van der Waals surface area (Å²) in [5, 5.41) is 13.2. The van der Waals surface area contributed by atoms with Crippen molar-refractivity contribution in [3.63, 3.8) is 0 Å². The Morgan fingerprint density at radius 2 is 2.32 bits per heavy atom. The van der Waals surface area contributed by atoms with Crippen molar-refractivity contribution in [2.75, 3.05) is 5.75 Å². The summed E-state index contributed by atoms with van der Waals surface area (Å²) < 4.78 is 0.997. The summed E-state index contributed by atoms with van der Waals surface area (Å²) in [4.78, 5) is 15.4. The van der Waals surface area contributed by atoms with E-state index in [-0.39, 0.29) is 5.37 Å². The van der Waals surface area contributed by atoms with E-state index in [0.717, 1.165) is 20.9 Å². The molecule has 3 rings (SSSR count). The van der Waals surface area contributed by atoms with Crippen LogP contribution in [0.5, 0.6) is 0 Å². The van der Waals surface area contributed by atoms with Crippen molar-refractivity contribution in [1.29, 1.82) is 0 Å². The van der Waals surface area contributed by atoms with Gasteiger partial charge in [0.05, 0.1) is 10.9 Å². The molecule has 1 aliphatic heterocycles. The summed E-state index contributed by atoms with van der Waals surface area (Å²) in [5.41, 5.74) is 1.94. The summed E-state index contributed by atoms with van der Waals surface area (Å²) in [6.07, 6.45) is 1.76. The van der Waals surface area contributed by atoms with Crippen molar-refractivity contribution < 1.29 is 9.90 Å². The lowest BCUT2D eigenvalue weighted by molar-refractivity contribution is -0.138. The van der Waals surface area contributed by atoms with Crippen LogP contribution in [0.2, 0.25) is 0 Å². The number of pyridine rings is 1. The van der Waals surface area contributed by atoms with Gasteiger partial charge in [-0.05, 0) is 12.1 Å². The predicted octanol–water partition coefficient (Wildman–Crippen LogP) is 2.79. The Hall–Kier alpha value is -1.11. The van der Waals surface area contributed by atoms with Crippen molar-refractivity contribution in [3.8, 4) is 0 Å². The molecule has 98 valence electrons. The summed E-state index contributed by atoms with van der Waals surface area (Å²) >= 11 is 5.12. The first-order valence-electron chi connectivity index (χ1n) is 5.80. The minimum absolute atomic E-state index is 0.0217. The monoisotopic (exact) mass is 338 g/mol. The van der Waals surface area contributed by atoms with Gasteiger partial charge < -0.3 is 5.11 Å². The molecule has 0 saturated carbocycles. The third-order valence-corrected chi connectivity index (χ3v) is 5.05. The van der Waals surface area contributed by atoms with E-state index in [1.807, 2.05) is 24.3 Å². The molecule has 0 aliphatic carbocycles. The summed E-state index contributed by atoms with van der Waals surface area (Å²) in [7, 11) is 0. The van der Waals surface area contributed by atoms with E-state index in [9.17, 15) is 4.79 Å². The van der Waals surface area contributed by atoms with Gasteiger partial charge in [0, 0.05) is 27.4 Å². The van der Waals surface area contributed by atoms with Crippen LogP contribution in [0.15, 0.2) is 34.9 Å². The fourth-order valence-electron chi connectivity index (χ4n) is 2.16. The number of rotatable bonds is 2. The third-order valence-electron chi connectivity index (χ3n) is 3.11. The van der Waals surface area contributed by atoms with Gasteiger partial charge in [0.1, 0.15) is 6.04 Å². The predicted molar refractivity (Wildman–Crippen MR) is 79.2 cm³/mol. The van der Waals surface area contributed by atoms with E-state index in [2.05, 4.69) is 26.2 Å².